The maximum absolute atomic E-state index is 11.8. The van der Waals surface area contributed by atoms with Gasteiger partial charge in [0.2, 0.25) is 5.88 Å². The minimum absolute atomic E-state index is 0.404. The summed E-state index contributed by atoms with van der Waals surface area (Å²) in [5.74, 6) is 0.977. The average molecular weight is 357 g/mol. The summed E-state index contributed by atoms with van der Waals surface area (Å²) in [5, 5.41) is 0.772. The molecule has 4 aromatic rings. The largest absolute Gasteiger partial charge is 0.465 e. The Morgan fingerprint density at radius 2 is 1.85 bits per heavy atom. The maximum atomic E-state index is 11.8. The van der Waals surface area contributed by atoms with Gasteiger partial charge in [-0.1, -0.05) is 18.2 Å². The normalized spacial score (nSPS) is 10.6. The van der Waals surface area contributed by atoms with Gasteiger partial charge in [-0.3, -0.25) is 4.98 Å². The van der Waals surface area contributed by atoms with E-state index in [0.717, 1.165) is 16.5 Å². The van der Waals surface area contributed by atoms with Crippen molar-refractivity contribution >= 4 is 16.9 Å². The number of benzene rings is 2. The fraction of sp³-hybridized carbons (Fsp3) is 0.0476. The van der Waals surface area contributed by atoms with Gasteiger partial charge in [-0.15, -0.1) is 0 Å². The zero-order valence-electron chi connectivity index (χ0n) is 14.5. The lowest BCUT2D eigenvalue weighted by Gasteiger charge is -2.10. The number of hydrogen-bond donors (Lipinski definition) is 0. The zero-order chi connectivity index (χ0) is 18.6. The smallest absolute Gasteiger partial charge is 0.337 e. The van der Waals surface area contributed by atoms with Crippen molar-refractivity contribution < 1.29 is 14.3 Å². The minimum atomic E-state index is -0.427. The molecule has 2 aromatic carbocycles. The fourth-order valence-electron chi connectivity index (χ4n) is 2.67. The average Bonchev–Trinajstić information content (AvgIpc) is 2.74. The molecule has 2 heterocycles. The number of para-hydroxylation sites is 1. The molecule has 0 saturated heterocycles. The quantitative estimate of drug-likeness (QED) is 0.508. The molecule has 0 radical (unpaired) electrons. The number of carbonyl (C=O) groups excluding carboxylic acids is 1. The van der Waals surface area contributed by atoms with E-state index in [1.54, 1.807) is 36.7 Å². The Bertz CT molecular complexity index is 1110. The van der Waals surface area contributed by atoms with E-state index in [2.05, 4.69) is 15.0 Å². The van der Waals surface area contributed by atoms with E-state index >= 15 is 0 Å². The molecule has 0 bridgehead atoms. The number of pyridine rings is 1. The Hall–Kier alpha value is -3.80. The molecular weight excluding hydrogens is 342 g/mol. The Morgan fingerprint density at radius 1 is 0.963 bits per heavy atom. The van der Waals surface area contributed by atoms with Gasteiger partial charge in [0.1, 0.15) is 5.75 Å². The van der Waals surface area contributed by atoms with E-state index < -0.39 is 5.97 Å². The summed E-state index contributed by atoms with van der Waals surface area (Å²) in [4.78, 5) is 25.1. The highest BCUT2D eigenvalue weighted by Gasteiger charge is 2.13. The third-order valence-electron chi connectivity index (χ3n) is 3.96. The van der Waals surface area contributed by atoms with E-state index in [1.165, 1.54) is 7.11 Å². The van der Waals surface area contributed by atoms with Gasteiger partial charge in [-0.2, -0.15) is 4.98 Å². The SMILES string of the molecule is COC(=O)c1cccc(Oc2nc(-c3cccnc3)nc3ccccc23)c1. The highest BCUT2D eigenvalue weighted by Crippen LogP contribution is 2.30. The lowest BCUT2D eigenvalue weighted by Crippen LogP contribution is -2.01. The van der Waals surface area contributed by atoms with Crippen molar-refractivity contribution in [1.29, 1.82) is 0 Å². The molecule has 0 N–H and O–H groups in total. The van der Waals surface area contributed by atoms with Crippen LogP contribution in [0.1, 0.15) is 10.4 Å². The molecule has 0 amide bonds. The highest BCUT2D eigenvalue weighted by atomic mass is 16.5. The molecule has 0 aliphatic rings. The van der Waals surface area contributed by atoms with Gasteiger partial charge in [0.25, 0.3) is 0 Å². The van der Waals surface area contributed by atoms with Crippen LogP contribution in [0.15, 0.2) is 73.1 Å². The molecule has 2 aromatic heterocycles. The van der Waals surface area contributed by atoms with Crippen LogP contribution < -0.4 is 4.74 Å². The Balaban J connectivity index is 1.80. The van der Waals surface area contributed by atoms with Crippen molar-refractivity contribution in [3.05, 3.63) is 78.6 Å². The van der Waals surface area contributed by atoms with Crippen LogP contribution in [0.3, 0.4) is 0 Å². The second-order valence-electron chi connectivity index (χ2n) is 5.73. The second-order valence-corrected chi connectivity index (χ2v) is 5.73. The van der Waals surface area contributed by atoms with Gasteiger partial charge in [0, 0.05) is 18.0 Å². The van der Waals surface area contributed by atoms with Crippen molar-refractivity contribution in [2.75, 3.05) is 7.11 Å². The van der Waals surface area contributed by atoms with Crippen LogP contribution >= 0.6 is 0 Å². The Kier molecular flexibility index (Phi) is 4.45. The minimum Gasteiger partial charge on any atom is -0.465 e. The van der Waals surface area contributed by atoms with E-state index in [4.69, 9.17) is 9.47 Å². The zero-order valence-corrected chi connectivity index (χ0v) is 14.5. The number of rotatable bonds is 4. The number of aromatic nitrogens is 3. The summed E-state index contributed by atoms with van der Waals surface area (Å²) in [6.07, 6.45) is 3.39. The van der Waals surface area contributed by atoms with E-state index in [0.29, 0.717) is 23.0 Å². The van der Waals surface area contributed by atoms with Gasteiger partial charge in [0.05, 0.1) is 23.6 Å². The van der Waals surface area contributed by atoms with Crippen molar-refractivity contribution in [2.24, 2.45) is 0 Å². The molecule has 0 aliphatic carbocycles. The Morgan fingerprint density at radius 3 is 2.67 bits per heavy atom. The molecule has 6 heteroatoms. The monoisotopic (exact) mass is 357 g/mol. The molecule has 0 fully saturated rings. The molecule has 4 rings (SSSR count). The molecule has 132 valence electrons. The number of fused-ring (bicyclic) bond motifs is 1. The van der Waals surface area contributed by atoms with E-state index in [9.17, 15) is 4.79 Å². The van der Waals surface area contributed by atoms with Gasteiger partial charge in [-0.05, 0) is 42.5 Å². The van der Waals surface area contributed by atoms with Crippen LogP contribution in [0.25, 0.3) is 22.3 Å². The third-order valence-corrected chi connectivity index (χ3v) is 3.96. The van der Waals surface area contributed by atoms with Crippen molar-refractivity contribution in [2.45, 2.75) is 0 Å². The maximum Gasteiger partial charge on any atom is 0.337 e. The van der Waals surface area contributed by atoms with Crippen LogP contribution in [0, 0.1) is 0 Å². The van der Waals surface area contributed by atoms with Crippen LogP contribution in [0.5, 0.6) is 11.6 Å². The van der Waals surface area contributed by atoms with Crippen LogP contribution in [-0.4, -0.2) is 28.0 Å². The van der Waals surface area contributed by atoms with Gasteiger partial charge >= 0.3 is 5.97 Å². The summed E-state index contributed by atoms with van der Waals surface area (Å²) >= 11 is 0. The first kappa shape index (κ1) is 16.7. The van der Waals surface area contributed by atoms with Crippen LogP contribution in [0.2, 0.25) is 0 Å². The fourth-order valence-corrected chi connectivity index (χ4v) is 2.67. The molecule has 0 spiro atoms. The van der Waals surface area contributed by atoms with Gasteiger partial charge in [0.15, 0.2) is 5.82 Å². The number of nitrogens with zero attached hydrogens (tertiary/aromatic N) is 3. The van der Waals surface area contributed by atoms with Crippen molar-refractivity contribution in [3.8, 4) is 23.0 Å². The number of methoxy groups -OCH3 is 1. The first-order chi connectivity index (χ1) is 13.2. The van der Waals surface area contributed by atoms with Gasteiger partial charge in [-0.25, -0.2) is 9.78 Å². The number of carbonyl (C=O) groups is 1. The molecular formula is C21H15N3O3. The predicted octanol–water partition coefficient (Wildman–Crippen LogP) is 4.27. The molecule has 6 nitrogen and oxygen atoms in total. The summed E-state index contributed by atoms with van der Waals surface area (Å²) in [6, 6.07) is 18.1. The lowest BCUT2D eigenvalue weighted by molar-refractivity contribution is 0.0600. The topological polar surface area (TPSA) is 74.2 Å². The van der Waals surface area contributed by atoms with Crippen LogP contribution in [0.4, 0.5) is 0 Å². The molecule has 0 aliphatic heterocycles. The third kappa shape index (κ3) is 3.46. The van der Waals surface area contributed by atoms with Crippen molar-refractivity contribution in [1.82, 2.24) is 15.0 Å². The number of hydrogen-bond acceptors (Lipinski definition) is 6. The van der Waals surface area contributed by atoms with E-state index in [-0.39, 0.29) is 0 Å². The second kappa shape index (κ2) is 7.21. The first-order valence-electron chi connectivity index (χ1n) is 8.28. The predicted molar refractivity (Wildman–Crippen MR) is 101 cm³/mol. The Labute approximate surface area is 155 Å². The van der Waals surface area contributed by atoms with Crippen molar-refractivity contribution in [3.63, 3.8) is 0 Å². The summed E-state index contributed by atoms with van der Waals surface area (Å²) in [6.45, 7) is 0. The number of ether oxygens (including phenoxy) is 2. The lowest BCUT2D eigenvalue weighted by atomic mass is 10.2. The van der Waals surface area contributed by atoms with E-state index in [1.807, 2.05) is 36.4 Å². The molecule has 0 atom stereocenters. The standard InChI is InChI=1S/C21H15N3O3/c1-26-21(25)14-6-4-8-16(12-14)27-20-17-9-2-3-10-18(17)23-19(24-20)15-7-5-11-22-13-15/h2-13H,1H3. The summed E-state index contributed by atoms with van der Waals surface area (Å²) in [5.41, 5.74) is 1.95. The summed E-state index contributed by atoms with van der Waals surface area (Å²) in [7, 11) is 1.34. The highest BCUT2D eigenvalue weighted by molar-refractivity contribution is 5.90. The number of esters is 1. The molecule has 27 heavy (non-hydrogen) atoms. The summed E-state index contributed by atoms with van der Waals surface area (Å²) < 4.78 is 10.8. The molecule has 0 saturated carbocycles. The first-order valence-corrected chi connectivity index (χ1v) is 8.28. The van der Waals surface area contributed by atoms with Gasteiger partial charge < -0.3 is 9.47 Å². The molecule has 0 unspecified atom stereocenters. The van der Waals surface area contributed by atoms with Crippen LogP contribution in [-0.2, 0) is 4.74 Å².